The van der Waals surface area contributed by atoms with Crippen LogP contribution in [0.5, 0.6) is 0 Å². The van der Waals surface area contributed by atoms with Crippen molar-refractivity contribution in [1.29, 1.82) is 0 Å². The topological polar surface area (TPSA) is 53.6 Å². The fourth-order valence-electron chi connectivity index (χ4n) is 1.30. The van der Waals surface area contributed by atoms with Crippen LogP contribution in [0.25, 0.3) is 0 Å². The summed E-state index contributed by atoms with van der Waals surface area (Å²) in [4.78, 5) is 13.5. The highest BCUT2D eigenvalue weighted by atomic mass is 35.5. The number of likely N-dealkylation sites (N-methyl/N-ethyl adjacent to an activating group) is 1. The Kier molecular flexibility index (Phi) is 21.7. The predicted molar refractivity (Wildman–Crippen MR) is 80.0 cm³/mol. The molecule has 0 heterocycles. The Balaban J connectivity index is -0.00000112. The normalized spacial score (nSPS) is 9.56. The average molecular weight is 304 g/mol. The van der Waals surface area contributed by atoms with Crippen LogP contribution >= 0.6 is 24.8 Å². The molecular weight excluding hydrogens is 277 g/mol. The van der Waals surface area contributed by atoms with Crippen molar-refractivity contribution in [2.45, 2.75) is 13.8 Å². The van der Waals surface area contributed by atoms with Crippen molar-refractivity contribution in [2.75, 3.05) is 53.0 Å². The monoisotopic (exact) mass is 303 g/mol. The molecule has 112 valence electrons. The number of hydrogen-bond donors (Lipinski definition) is 2. The van der Waals surface area contributed by atoms with Gasteiger partial charge in [-0.15, -0.1) is 24.8 Å². The number of methoxy groups -OCH3 is 1. The number of carbonyl (C=O) groups excluding carboxylic acids is 1. The van der Waals surface area contributed by atoms with E-state index in [1.165, 1.54) is 0 Å². The van der Waals surface area contributed by atoms with Crippen LogP contribution in [0.3, 0.4) is 0 Å². The van der Waals surface area contributed by atoms with E-state index in [9.17, 15) is 4.79 Å². The standard InChI is InChI=1S/C11H25N3O2.2ClH/c1-4-14(5-2)10-11(15)13-7-6-12-8-9-16-3;;/h12H,4-10H2,1-3H3,(H,13,15);2*1H. The lowest BCUT2D eigenvalue weighted by Crippen LogP contribution is -2.40. The van der Waals surface area contributed by atoms with Gasteiger partial charge in [-0.3, -0.25) is 9.69 Å². The van der Waals surface area contributed by atoms with Crippen LogP contribution in [0.15, 0.2) is 0 Å². The second kappa shape index (κ2) is 16.9. The molecule has 5 nitrogen and oxygen atoms in total. The van der Waals surface area contributed by atoms with Gasteiger partial charge in [0.05, 0.1) is 13.2 Å². The second-order valence-corrected chi connectivity index (χ2v) is 3.55. The molecule has 0 aliphatic carbocycles. The highest BCUT2D eigenvalue weighted by molar-refractivity contribution is 5.85. The molecule has 0 aliphatic rings. The summed E-state index contributed by atoms with van der Waals surface area (Å²) in [6.07, 6.45) is 0. The number of ether oxygens (including phenoxy) is 1. The Bertz CT molecular complexity index is 182. The number of halogens is 2. The Labute approximate surface area is 123 Å². The van der Waals surface area contributed by atoms with Gasteiger partial charge in [-0.1, -0.05) is 13.8 Å². The van der Waals surface area contributed by atoms with Crippen molar-refractivity contribution in [3.05, 3.63) is 0 Å². The fraction of sp³-hybridized carbons (Fsp3) is 0.909. The van der Waals surface area contributed by atoms with Crippen LogP contribution in [0.4, 0.5) is 0 Å². The second-order valence-electron chi connectivity index (χ2n) is 3.55. The number of nitrogens with one attached hydrogen (secondary N) is 2. The number of rotatable bonds is 10. The maximum atomic E-state index is 11.5. The van der Waals surface area contributed by atoms with Gasteiger partial charge in [0.15, 0.2) is 0 Å². The summed E-state index contributed by atoms with van der Waals surface area (Å²) >= 11 is 0. The number of carbonyl (C=O) groups is 1. The summed E-state index contributed by atoms with van der Waals surface area (Å²) in [7, 11) is 1.67. The highest BCUT2D eigenvalue weighted by Crippen LogP contribution is 1.85. The zero-order valence-corrected chi connectivity index (χ0v) is 13.2. The van der Waals surface area contributed by atoms with Crippen molar-refractivity contribution in [1.82, 2.24) is 15.5 Å². The van der Waals surface area contributed by atoms with Crippen LogP contribution in [0.1, 0.15) is 13.8 Å². The lowest BCUT2D eigenvalue weighted by Gasteiger charge is -2.17. The third kappa shape index (κ3) is 14.0. The van der Waals surface area contributed by atoms with Gasteiger partial charge >= 0.3 is 0 Å². The maximum Gasteiger partial charge on any atom is 0.234 e. The molecule has 0 atom stereocenters. The van der Waals surface area contributed by atoms with Crippen LogP contribution in [-0.4, -0.2) is 63.8 Å². The Morgan fingerprint density at radius 1 is 1.11 bits per heavy atom. The highest BCUT2D eigenvalue weighted by Gasteiger charge is 2.05. The molecule has 7 heteroatoms. The first-order valence-electron chi connectivity index (χ1n) is 5.93. The van der Waals surface area contributed by atoms with Crippen molar-refractivity contribution in [2.24, 2.45) is 0 Å². The van der Waals surface area contributed by atoms with Gasteiger partial charge in [0.2, 0.25) is 5.91 Å². The molecule has 0 rings (SSSR count). The molecule has 0 fully saturated rings. The van der Waals surface area contributed by atoms with E-state index in [0.717, 1.165) is 26.2 Å². The minimum atomic E-state index is 0. The number of amides is 1. The molecule has 0 aliphatic heterocycles. The van der Waals surface area contributed by atoms with Crippen molar-refractivity contribution < 1.29 is 9.53 Å². The molecule has 18 heavy (non-hydrogen) atoms. The van der Waals surface area contributed by atoms with E-state index in [1.54, 1.807) is 7.11 Å². The minimum Gasteiger partial charge on any atom is -0.383 e. The van der Waals surface area contributed by atoms with Crippen LogP contribution in [0.2, 0.25) is 0 Å². The zero-order valence-electron chi connectivity index (χ0n) is 11.5. The summed E-state index contributed by atoms with van der Waals surface area (Å²) in [5.74, 6) is 0.0947. The number of nitrogens with zero attached hydrogens (tertiary/aromatic N) is 1. The van der Waals surface area contributed by atoms with E-state index in [1.807, 2.05) is 0 Å². The van der Waals surface area contributed by atoms with Gasteiger partial charge < -0.3 is 15.4 Å². The molecule has 2 N–H and O–H groups in total. The van der Waals surface area contributed by atoms with E-state index in [4.69, 9.17) is 4.74 Å². The summed E-state index contributed by atoms with van der Waals surface area (Å²) < 4.78 is 4.89. The molecule has 0 saturated carbocycles. The first-order chi connectivity index (χ1) is 7.74. The fourth-order valence-corrected chi connectivity index (χ4v) is 1.30. The molecular formula is C11H27Cl2N3O2. The summed E-state index contributed by atoms with van der Waals surface area (Å²) in [6.45, 7) is 9.41. The van der Waals surface area contributed by atoms with E-state index in [0.29, 0.717) is 19.7 Å². The van der Waals surface area contributed by atoms with Gasteiger partial charge in [0.25, 0.3) is 0 Å². The molecule has 0 aromatic carbocycles. The summed E-state index contributed by atoms with van der Waals surface area (Å²) in [5.41, 5.74) is 0. The van der Waals surface area contributed by atoms with Gasteiger partial charge in [-0.2, -0.15) is 0 Å². The zero-order chi connectivity index (χ0) is 12.2. The first kappa shape index (κ1) is 23.1. The summed E-state index contributed by atoms with van der Waals surface area (Å²) in [5, 5.41) is 6.04. The quantitative estimate of drug-likeness (QED) is 0.578. The molecule has 0 aromatic rings. The van der Waals surface area contributed by atoms with Crippen molar-refractivity contribution in [3.63, 3.8) is 0 Å². The van der Waals surface area contributed by atoms with E-state index in [2.05, 4.69) is 29.4 Å². The molecule has 0 unspecified atom stereocenters. The lowest BCUT2D eigenvalue weighted by molar-refractivity contribution is -0.122. The average Bonchev–Trinajstić information content (AvgIpc) is 2.30. The van der Waals surface area contributed by atoms with Gasteiger partial charge in [-0.05, 0) is 13.1 Å². The molecule has 0 radical (unpaired) electrons. The van der Waals surface area contributed by atoms with Crippen molar-refractivity contribution >= 4 is 30.7 Å². The predicted octanol–water partition coefficient (Wildman–Crippen LogP) is 0.524. The van der Waals surface area contributed by atoms with E-state index >= 15 is 0 Å². The maximum absolute atomic E-state index is 11.5. The van der Waals surface area contributed by atoms with Gasteiger partial charge in [-0.25, -0.2) is 0 Å². The van der Waals surface area contributed by atoms with Crippen molar-refractivity contribution in [3.8, 4) is 0 Å². The molecule has 0 saturated heterocycles. The third-order valence-corrected chi connectivity index (χ3v) is 2.37. The van der Waals surface area contributed by atoms with Crippen LogP contribution in [0, 0.1) is 0 Å². The Morgan fingerprint density at radius 3 is 2.22 bits per heavy atom. The van der Waals surface area contributed by atoms with E-state index < -0.39 is 0 Å². The lowest BCUT2D eigenvalue weighted by atomic mass is 10.4. The minimum absolute atomic E-state index is 0. The van der Waals surface area contributed by atoms with E-state index in [-0.39, 0.29) is 30.7 Å². The Hall–Kier alpha value is -0.0700. The molecule has 0 bridgehead atoms. The molecule has 1 amide bonds. The van der Waals surface area contributed by atoms with Crippen LogP contribution in [-0.2, 0) is 9.53 Å². The van der Waals surface area contributed by atoms with Gasteiger partial charge in [0.1, 0.15) is 0 Å². The first-order valence-corrected chi connectivity index (χ1v) is 5.93. The van der Waals surface area contributed by atoms with Gasteiger partial charge in [0, 0.05) is 26.7 Å². The smallest absolute Gasteiger partial charge is 0.234 e. The third-order valence-electron chi connectivity index (χ3n) is 2.37. The Morgan fingerprint density at radius 2 is 1.72 bits per heavy atom. The SMILES string of the molecule is CCN(CC)CC(=O)NCCNCCOC.Cl.Cl. The van der Waals surface area contributed by atoms with Crippen LogP contribution < -0.4 is 10.6 Å². The summed E-state index contributed by atoms with van der Waals surface area (Å²) in [6, 6.07) is 0. The number of hydrogen-bond acceptors (Lipinski definition) is 4. The largest absolute Gasteiger partial charge is 0.383 e. The molecule has 0 spiro atoms. The molecule has 0 aromatic heterocycles.